The first-order chi connectivity index (χ1) is 17.9. The number of carbonyl (C=O) groups excluding carboxylic acids is 1. The first kappa shape index (κ1) is 24.3. The van der Waals surface area contributed by atoms with Crippen LogP contribution in [0.15, 0.2) is 88.7 Å². The highest BCUT2D eigenvalue weighted by Gasteiger charge is 2.30. The van der Waals surface area contributed by atoms with E-state index in [0.29, 0.717) is 34.4 Å². The second kappa shape index (κ2) is 9.90. The van der Waals surface area contributed by atoms with Gasteiger partial charge in [0.05, 0.1) is 35.2 Å². The van der Waals surface area contributed by atoms with E-state index in [1.165, 1.54) is 19.2 Å². The summed E-state index contributed by atoms with van der Waals surface area (Å²) in [5.41, 5.74) is 8.55. The molecule has 188 valence electrons. The molecule has 5 aromatic rings. The average molecular weight is 517 g/mol. The van der Waals surface area contributed by atoms with Crippen molar-refractivity contribution >= 4 is 43.8 Å². The maximum atomic E-state index is 13.6. The molecule has 0 aliphatic carbocycles. The molecular weight excluding hydrogens is 492 g/mol. The number of hydrogen-bond acceptors (Lipinski definition) is 8. The first-order valence-corrected chi connectivity index (χ1v) is 13.0. The maximum Gasteiger partial charge on any atom is 0.338 e. The SMILES string of the molecule is COc1cccc(C(=O)OCCCn2c(N)c(S(=O)(=O)c3ccccc3)c3nc4ccccc4nc32)c1. The zero-order chi connectivity index (χ0) is 26.0. The number of nitrogens with two attached hydrogens (primary N) is 1. The number of hydrogen-bond donors (Lipinski definition) is 1. The van der Waals surface area contributed by atoms with Gasteiger partial charge in [0.2, 0.25) is 9.84 Å². The van der Waals surface area contributed by atoms with E-state index in [1.807, 2.05) is 12.1 Å². The Labute approximate surface area is 213 Å². The minimum Gasteiger partial charge on any atom is -0.497 e. The van der Waals surface area contributed by atoms with Gasteiger partial charge in [0.1, 0.15) is 22.0 Å². The molecule has 0 bridgehead atoms. The van der Waals surface area contributed by atoms with Gasteiger partial charge in [0.15, 0.2) is 5.65 Å². The summed E-state index contributed by atoms with van der Waals surface area (Å²) >= 11 is 0. The highest BCUT2D eigenvalue weighted by molar-refractivity contribution is 7.92. The van der Waals surface area contributed by atoms with Crippen LogP contribution in [0.3, 0.4) is 0 Å². The number of benzene rings is 3. The van der Waals surface area contributed by atoms with Crippen molar-refractivity contribution in [2.75, 3.05) is 19.5 Å². The summed E-state index contributed by atoms with van der Waals surface area (Å²) in [4.78, 5) is 21.8. The van der Waals surface area contributed by atoms with E-state index in [1.54, 1.807) is 59.2 Å². The van der Waals surface area contributed by atoms with Crippen molar-refractivity contribution < 1.29 is 22.7 Å². The van der Waals surface area contributed by atoms with E-state index in [0.717, 1.165) is 0 Å². The van der Waals surface area contributed by atoms with Crippen molar-refractivity contribution in [1.29, 1.82) is 0 Å². The fourth-order valence-corrected chi connectivity index (χ4v) is 5.65. The van der Waals surface area contributed by atoms with Crippen molar-refractivity contribution in [2.24, 2.45) is 0 Å². The third-order valence-corrected chi connectivity index (χ3v) is 7.77. The molecule has 0 fully saturated rings. The molecular formula is C27H24N4O5S. The zero-order valence-corrected chi connectivity index (χ0v) is 20.8. The number of ether oxygens (including phenoxy) is 2. The number of sulfone groups is 1. The van der Waals surface area contributed by atoms with Gasteiger partial charge in [-0.15, -0.1) is 0 Å². The topological polar surface area (TPSA) is 126 Å². The number of carbonyl (C=O) groups is 1. The first-order valence-electron chi connectivity index (χ1n) is 11.6. The van der Waals surface area contributed by atoms with Crippen molar-refractivity contribution in [3.8, 4) is 5.75 Å². The van der Waals surface area contributed by atoms with Gasteiger partial charge in [0.25, 0.3) is 0 Å². The van der Waals surface area contributed by atoms with Gasteiger partial charge >= 0.3 is 5.97 Å². The highest BCUT2D eigenvalue weighted by Crippen LogP contribution is 2.35. The number of rotatable bonds is 8. The molecule has 2 aromatic heterocycles. The molecule has 0 saturated heterocycles. The molecule has 2 heterocycles. The predicted molar refractivity (Wildman–Crippen MR) is 139 cm³/mol. The lowest BCUT2D eigenvalue weighted by Crippen LogP contribution is -2.11. The van der Waals surface area contributed by atoms with Crippen LogP contribution in [0, 0.1) is 0 Å². The van der Waals surface area contributed by atoms with E-state index in [2.05, 4.69) is 9.97 Å². The van der Waals surface area contributed by atoms with Crippen molar-refractivity contribution in [3.63, 3.8) is 0 Å². The van der Waals surface area contributed by atoms with Crippen LogP contribution in [0.1, 0.15) is 16.8 Å². The number of anilines is 1. The Morgan fingerprint density at radius 3 is 2.38 bits per heavy atom. The molecule has 2 N–H and O–H groups in total. The second-order valence-corrected chi connectivity index (χ2v) is 10.2. The highest BCUT2D eigenvalue weighted by atomic mass is 32.2. The number of nitrogens with zero attached hydrogens (tertiary/aromatic N) is 3. The lowest BCUT2D eigenvalue weighted by atomic mass is 10.2. The standard InChI is InChI=1S/C27H24N4O5S/c1-35-19-10-7-9-18(17-19)27(32)36-16-8-15-31-25(28)24(37(33,34)20-11-3-2-4-12-20)23-26(31)30-22-14-6-5-13-21(22)29-23/h2-7,9-14,17H,8,15-16,28H2,1H3. The van der Waals surface area contributed by atoms with E-state index < -0.39 is 15.8 Å². The van der Waals surface area contributed by atoms with Crippen molar-refractivity contribution in [1.82, 2.24) is 14.5 Å². The van der Waals surface area contributed by atoms with Crippen LogP contribution in [0.2, 0.25) is 0 Å². The molecule has 0 spiro atoms. The number of fused-ring (bicyclic) bond motifs is 2. The van der Waals surface area contributed by atoms with Gasteiger partial charge in [-0.2, -0.15) is 0 Å². The number of methoxy groups -OCH3 is 1. The molecule has 0 atom stereocenters. The van der Waals surface area contributed by atoms with E-state index in [9.17, 15) is 13.2 Å². The smallest absolute Gasteiger partial charge is 0.338 e. The molecule has 0 amide bonds. The largest absolute Gasteiger partial charge is 0.497 e. The number of para-hydroxylation sites is 2. The summed E-state index contributed by atoms with van der Waals surface area (Å²) < 4.78 is 39.4. The lowest BCUT2D eigenvalue weighted by molar-refractivity contribution is 0.0496. The molecule has 5 rings (SSSR count). The maximum absolute atomic E-state index is 13.6. The number of nitrogen functional groups attached to an aromatic ring is 1. The van der Waals surface area contributed by atoms with Crippen molar-refractivity contribution in [3.05, 3.63) is 84.4 Å². The van der Waals surface area contributed by atoms with Crippen LogP contribution >= 0.6 is 0 Å². The Morgan fingerprint density at radius 1 is 0.946 bits per heavy atom. The number of esters is 1. The van der Waals surface area contributed by atoms with Crippen LogP contribution in [0.25, 0.3) is 22.2 Å². The quantitative estimate of drug-likeness (QED) is 0.240. The molecule has 0 unspecified atom stereocenters. The normalized spacial score (nSPS) is 11.6. The van der Waals surface area contributed by atoms with E-state index in [-0.39, 0.29) is 34.3 Å². The Hall–Kier alpha value is -4.44. The minimum atomic E-state index is -3.98. The molecule has 0 saturated carbocycles. The summed E-state index contributed by atoms with van der Waals surface area (Å²) in [5.74, 6) is 0.106. The van der Waals surface area contributed by atoms with Crippen LogP contribution in [-0.2, 0) is 21.1 Å². The summed E-state index contributed by atoms with van der Waals surface area (Å²) in [5, 5.41) is 0. The van der Waals surface area contributed by atoms with E-state index in [4.69, 9.17) is 15.2 Å². The van der Waals surface area contributed by atoms with Crippen LogP contribution < -0.4 is 10.5 Å². The average Bonchev–Trinajstić information content (AvgIpc) is 3.20. The molecule has 37 heavy (non-hydrogen) atoms. The fraction of sp³-hybridized carbons (Fsp3) is 0.148. The van der Waals surface area contributed by atoms with Gasteiger partial charge in [-0.1, -0.05) is 36.4 Å². The van der Waals surface area contributed by atoms with Crippen LogP contribution in [0.4, 0.5) is 5.82 Å². The van der Waals surface area contributed by atoms with Gasteiger partial charge in [-0.3, -0.25) is 0 Å². The summed E-state index contributed by atoms with van der Waals surface area (Å²) in [6, 6.07) is 22.0. The Balaban J connectivity index is 1.47. The molecule has 10 heteroatoms. The Morgan fingerprint density at radius 2 is 1.65 bits per heavy atom. The Bertz CT molecular complexity index is 1720. The molecule has 9 nitrogen and oxygen atoms in total. The molecule has 0 radical (unpaired) electrons. The summed E-state index contributed by atoms with van der Waals surface area (Å²) in [7, 11) is -2.45. The van der Waals surface area contributed by atoms with Crippen molar-refractivity contribution in [2.45, 2.75) is 22.8 Å². The third-order valence-electron chi connectivity index (χ3n) is 5.93. The second-order valence-electron chi connectivity index (χ2n) is 8.29. The van der Waals surface area contributed by atoms with Gasteiger partial charge in [-0.05, 0) is 48.9 Å². The Kier molecular flexibility index (Phi) is 6.49. The van der Waals surface area contributed by atoms with Gasteiger partial charge in [0, 0.05) is 6.54 Å². The van der Waals surface area contributed by atoms with Gasteiger partial charge in [-0.25, -0.2) is 23.2 Å². The third kappa shape index (κ3) is 4.58. The van der Waals surface area contributed by atoms with E-state index >= 15 is 0 Å². The van der Waals surface area contributed by atoms with Crippen LogP contribution in [-0.4, -0.2) is 42.6 Å². The molecule has 0 aliphatic heterocycles. The summed E-state index contributed by atoms with van der Waals surface area (Å²) in [6.45, 7) is 0.363. The van der Waals surface area contributed by atoms with Gasteiger partial charge < -0.3 is 19.8 Å². The number of aromatic nitrogens is 3. The summed E-state index contributed by atoms with van der Waals surface area (Å²) in [6.07, 6.45) is 0.378. The molecule has 0 aliphatic rings. The zero-order valence-electron chi connectivity index (χ0n) is 20.0. The molecule has 3 aromatic carbocycles. The fourth-order valence-electron chi connectivity index (χ4n) is 4.12. The lowest BCUT2D eigenvalue weighted by Gasteiger charge is -2.09. The monoisotopic (exact) mass is 516 g/mol. The van der Waals surface area contributed by atoms with Crippen LogP contribution in [0.5, 0.6) is 5.75 Å². The number of aryl methyl sites for hydroxylation is 1. The minimum absolute atomic E-state index is 0.0354. The predicted octanol–water partition coefficient (Wildman–Crippen LogP) is 4.26.